The van der Waals surface area contributed by atoms with Crippen molar-refractivity contribution in [3.63, 3.8) is 0 Å². The molecular formula is C13H18FN3O3. The van der Waals surface area contributed by atoms with E-state index in [-0.39, 0.29) is 23.7 Å². The molecule has 0 fully saturated rings. The summed E-state index contributed by atoms with van der Waals surface area (Å²) in [6.45, 7) is 0.586. The number of ether oxygens (including phenoxy) is 1. The summed E-state index contributed by atoms with van der Waals surface area (Å²) < 4.78 is 18.3. The Bertz CT molecular complexity index is 480. The second-order valence-electron chi connectivity index (χ2n) is 3.94. The minimum absolute atomic E-state index is 0.102. The minimum atomic E-state index is -0.523. The second-order valence-corrected chi connectivity index (χ2v) is 3.94. The van der Waals surface area contributed by atoms with Gasteiger partial charge in [0.1, 0.15) is 5.82 Å². The largest absolute Gasteiger partial charge is 0.385 e. The van der Waals surface area contributed by atoms with Gasteiger partial charge in [0.05, 0.1) is 24.4 Å². The summed E-state index contributed by atoms with van der Waals surface area (Å²) >= 11 is 0. The van der Waals surface area contributed by atoms with Crippen molar-refractivity contribution in [2.75, 3.05) is 39.2 Å². The van der Waals surface area contributed by atoms with Crippen molar-refractivity contribution >= 4 is 17.5 Å². The van der Waals surface area contributed by atoms with Gasteiger partial charge in [-0.3, -0.25) is 9.59 Å². The average molecular weight is 283 g/mol. The first-order valence-electron chi connectivity index (χ1n) is 6.10. The highest BCUT2D eigenvalue weighted by Crippen LogP contribution is 2.18. The number of benzene rings is 1. The highest BCUT2D eigenvalue weighted by atomic mass is 19.1. The minimum Gasteiger partial charge on any atom is -0.385 e. The average Bonchev–Trinajstić information content (AvgIpc) is 2.44. The number of halogens is 1. The van der Waals surface area contributed by atoms with E-state index in [4.69, 9.17) is 4.74 Å². The van der Waals surface area contributed by atoms with E-state index in [1.165, 1.54) is 32.4 Å². The molecule has 7 heteroatoms. The molecule has 1 aromatic rings. The second kappa shape index (κ2) is 8.11. The summed E-state index contributed by atoms with van der Waals surface area (Å²) in [6.07, 6.45) is 0. The van der Waals surface area contributed by atoms with Crippen molar-refractivity contribution in [3.05, 3.63) is 29.6 Å². The third kappa shape index (κ3) is 4.51. The van der Waals surface area contributed by atoms with Crippen LogP contribution in [0.3, 0.4) is 0 Å². The van der Waals surface area contributed by atoms with Gasteiger partial charge in [-0.15, -0.1) is 0 Å². The molecule has 0 aliphatic carbocycles. The SMILES string of the molecule is CNc1c(F)cccc1C(=O)NCC(=O)NCCOC. The smallest absolute Gasteiger partial charge is 0.253 e. The third-order valence-corrected chi connectivity index (χ3v) is 2.55. The first-order valence-corrected chi connectivity index (χ1v) is 6.10. The highest BCUT2D eigenvalue weighted by molar-refractivity contribution is 6.01. The number of rotatable bonds is 7. The first-order chi connectivity index (χ1) is 9.60. The van der Waals surface area contributed by atoms with Crippen molar-refractivity contribution in [2.24, 2.45) is 0 Å². The number of carbonyl (C=O) groups excluding carboxylic acids is 2. The molecule has 0 heterocycles. The molecule has 0 aliphatic heterocycles. The van der Waals surface area contributed by atoms with Crippen molar-refractivity contribution in [3.8, 4) is 0 Å². The van der Waals surface area contributed by atoms with Gasteiger partial charge in [0.15, 0.2) is 0 Å². The predicted octanol–water partition coefficient (Wildman–Crippen LogP) is 0.360. The van der Waals surface area contributed by atoms with Gasteiger partial charge in [-0.05, 0) is 12.1 Å². The zero-order valence-corrected chi connectivity index (χ0v) is 11.5. The molecule has 6 nitrogen and oxygen atoms in total. The topological polar surface area (TPSA) is 79.5 Å². The van der Waals surface area contributed by atoms with Crippen LogP contribution in [-0.2, 0) is 9.53 Å². The zero-order valence-electron chi connectivity index (χ0n) is 11.5. The highest BCUT2D eigenvalue weighted by Gasteiger charge is 2.14. The van der Waals surface area contributed by atoms with Gasteiger partial charge in [0.25, 0.3) is 5.91 Å². The summed E-state index contributed by atoms with van der Waals surface area (Å²) in [4.78, 5) is 23.3. The fourth-order valence-electron chi connectivity index (χ4n) is 1.58. The maximum absolute atomic E-state index is 13.5. The lowest BCUT2D eigenvalue weighted by atomic mass is 10.1. The molecule has 110 valence electrons. The van der Waals surface area contributed by atoms with E-state index < -0.39 is 11.7 Å². The van der Waals surface area contributed by atoms with Crippen LogP contribution in [0.5, 0.6) is 0 Å². The Balaban J connectivity index is 2.55. The molecule has 0 unspecified atom stereocenters. The molecule has 3 N–H and O–H groups in total. The van der Waals surface area contributed by atoms with Crippen LogP contribution in [0.25, 0.3) is 0 Å². The van der Waals surface area contributed by atoms with Crippen molar-refractivity contribution in [1.29, 1.82) is 0 Å². The van der Waals surface area contributed by atoms with E-state index in [2.05, 4.69) is 16.0 Å². The molecule has 0 radical (unpaired) electrons. The van der Waals surface area contributed by atoms with Crippen LogP contribution in [0.1, 0.15) is 10.4 Å². The number of methoxy groups -OCH3 is 1. The molecule has 0 aromatic heterocycles. The van der Waals surface area contributed by atoms with Crippen LogP contribution in [0.2, 0.25) is 0 Å². The quantitative estimate of drug-likeness (QED) is 0.631. The van der Waals surface area contributed by atoms with Crippen LogP contribution in [0, 0.1) is 5.82 Å². The van der Waals surface area contributed by atoms with Gasteiger partial charge in [0, 0.05) is 20.7 Å². The number of anilines is 1. The summed E-state index contributed by atoms with van der Waals surface area (Å²) in [5.74, 6) is -1.38. The van der Waals surface area contributed by atoms with Gasteiger partial charge in [-0.1, -0.05) is 6.07 Å². The number of amides is 2. The van der Waals surface area contributed by atoms with Crippen molar-refractivity contribution in [1.82, 2.24) is 10.6 Å². The van der Waals surface area contributed by atoms with Crippen LogP contribution in [-0.4, -0.2) is 45.7 Å². The van der Waals surface area contributed by atoms with E-state index in [9.17, 15) is 14.0 Å². The van der Waals surface area contributed by atoms with E-state index in [1.807, 2.05) is 0 Å². The molecule has 0 bridgehead atoms. The molecule has 1 rings (SSSR count). The molecule has 0 atom stereocenters. The molecule has 0 aliphatic rings. The van der Waals surface area contributed by atoms with Gasteiger partial charge in [-0.25, -0.2) is 4.39 Å². The van der Waals surface area contributed by atoms with Gasteiger partial charge in [0.2, 0.25) is 5.91 Å². The zero-order chi connectivity index (χ0) is 15.0. The molecular weight excluding hydrogens is 265 g/mol. The van der Waals surface area contributed by atoms with Crippen LogP contribution in [0.4, 0.5) is 10.1 Å². The lowest BCUT2D eigenvalue weighted by Crippen LogP contribution is -2.38. The predicted molar refractivity (Wildman–Crippen MR) is 73.2 cm³/mol. The monoisotopic (exact) mass is 283 g/mol. The molecule has 0 saturated carbocycles. The van der Waals surface area contributed by atoms with Crippen LogP contribution in [0.15, 0.2) is 18.2 Å². The number of para-hydroxylation sites is 1. The lowest BCUT2D eigenvalue weighted by Gasteiger charge is -2.10. The van der Waals surface area contributed by atoms with Crippen LogP contribution < -0.4 is 16.0 Å². The molecule has 0 saturated heterocycles. The number of nitrogens with one attached hydrogen (secondary N) is 3. The number of hydrogen-bond acceptors (Lipinski definition) is 4. The number of hydrogen-bond donors (Lipinski definition) is 3. The molecule has 20 heavy (non-hydrogen) atoms. The van der Waals surface area contributed by atoms with Crippen LogP contribution >= 0.6 is 0 Å². The van der Waals surface area contributed by atoms with E-state index >= 15 is 0 Å². The lowest BCUT2D eigenvalue weighted by molar-refractivity contribution is -0.120. The summed E-state index contributed by atoms with van der Waals surface area (Å²) in [5.41, 5.74) is 0.252. The first kappa shape index (κ1) is 15.9. The standard InChI is InChI=1S/C13H18FN3O3/c1-15-12-9(4-3-5-10(12)14)13(19)17-8-11(18)16-6-7-20-2/h3-5,15H,6-8H2,1-2H3,(H,16,18)(H,17,19). The molecule has 0 spiro atoms. The summed E-state index contributed by atoms with van der Waals surface area (Å²) in [6, 6.07) is 4.16. The molecule has 2 amide bonds. The summed E-state index contributed by atoms with van der Waals surface area (Å²) in [5, 5.41) is 7.61. The van der Waals surface area contributed by atoms with Gasteiger partial charge in [-0.2, -0.15) is 0 Å². The molecule has 1 aromatic carbocycles. The maximum Gasteiger partial charge on any atom is 0.253 e. The summed E-state index contributed by atoms with van der Waals surface area (Å²) in [7, 11) is 3.05. The Morgan fingerprint density at radius 2 is 2.05 bits per heavy atom. The Hall–Kier alpha value is -2.15. The fraction of sp³-hybridized carbons (Fsp3) is 0.385. The Kier molecular flexibility index (Phi) is 6.45. The van der Waals surface area contributed by atoms with Gasteiger partial charge < -0.3 is 20.7 Å². The van der Waals surface area contributed by atoms with E-state index in [0.29, 0.717) is 13.2 Å². The number of carbonyl (C=O) groups is 2. The normalized spacial score (nSPS) is 9.95. The fourth-order valence-corrected chi connectivity index (χ4v) is 1.58. The van der Waals surface area contributed by atoms with Gasteiger partial charge >= 0.3 is 0 Å². The Labute approximate surface area is 116 Å². The maximum atomic E-state index is 13.5. The van der Waals surface area contributed by atoms with E-state index in [1.54, 1.807) is 0 Å². The van der Waals surface area contributed by atoms with Crippen molar-refractivity contribution in [2.45, 2.75) is 0 Å². The third-order valence-electron chi connectivity index (χ3n) is 2.55. The van der Waals surface area contributed by atoms with E-state index in [0.717, 1.165) is 0 Å². The Morgan fingerprint density at radius 3 is 2.70 bits per heavy atom. The Morgan fingerprint density at radius 1 is 1.30 bits per heavy atom. The van der Waals surface area contributed by atoms with Crippen molar-refractivity contribution < 1.29 is 18.7 Å².